The van der Waals surface area contributed by atoms with Crippen molar-refractivity contribution in [1.29, 1.82) is 5.26 Å². The van der Waals surface area contributed by atoms with Gasteiger partial charge in [-0.3, -0.25) is 4.99 Å². The normalized spacial score (nSPS) is 27.6. The van der Waals surface area contributed by atoms with E-state index in [9.17, 15) is 16.8 Å². The van der Waals surface area contributed by atoms with Gasteiger partial charge in [-0.2, -0.15) is 13.7 Å². The van der Waals surface area contributed by atoms with E-state index in [1.54, 1.807) is 13.8 Å². The van der Waals surface area contributed by atoms with Gasteiger partial charge in [0.15, 0.2) is 9.84 Å². The van der Waals surface area contributed by atoms with E-state index < -0.39 is 36.4 Å². The molecule has 3 atom stereocenters. The van der Waals surface area contributed by atoms with Crippen molar-refractivity contribution in [2.45, 2.75) is 47.8 Å². The first-order valence-corrected chi connectivity index (χ1v) is 11.8. The summed E-state index contributed by atoms with van der Waals surface area (Å²) >= 11 is 6.37. The van der Waals surface area contributed by atoms with Crippen molar-refractivity contribution >= 4 is 42.3 Å². The smallest absolute Gasteiger partial charge is 0.219 e. The van der Waals surface area contributed by atoms with Crippen molar-refractivity contribution in [3.05, 3.63) is 41.6 Å². The lowest BCUT2D eigenvalue weighted by Gasteiger charge is -2.39. The zero-order chi connectivity index (χ0) is 21.4. The Morgan fingerprint density at radius 3 is 2.76 bits per heavy atom. The summed E-state index contributed by atoms with van der Waals surface area (Å²) in [7, 11) is -6.32. The number of hydrogen-bond donors (Lipinski definition) is 0. The Morgan fingerprint density at radius 2 is 2.10 bits per heavy atom. The molecule has 0 amide bonds. The van der Waals surface area contributed by atoms with Crippen molar-refractivity contribution in [2.24, 2.45) is 4.99 Å². The van der Waals surface area contributed by atoms with Crippen molar-refractivity contribution in [2.75, 3.05) is 6.61 Å². The quantitative estimate of drug-likeness (QED) is 0.511. The third-order valence-corrected chi connectivity index (χ3v) is 9.32. The Balaban J connectivity index is 1.98. The fourth-order valence-corrected chi connectivity index (χ4v) is 6.54. The topological polar surface area (TPSA) is 114 Å². The third kappa shape index (κ3) is 3.90. The van der Waals surface area contributed by atoms with Crippen LogP contribution in [-0.2, 0) is 24.9 Å². The first-order valence-electron chi connectivity index (χ1n) is 8.82. The van der Waals surface area contributed by atoms with Crippen molar-refractivity contribution in [3.63, 3.8) is 0 Å². The fourth-order valence-electron chi connectivity index (χ4n) is 3.52. The van der Waals surface area contributed by atoms with Gasteiger partial charge in [0.25, 0.3) is 0 Å². The van der Waals surface area contributed by atoms with Gasteiger partial charge in [-0.25, -0.2) is 8.42 Å². The van der Waals surface area contributed by atoms with E-state index in [1.807, 2.05) is 6.07 Å². The summed E-state index contributed by atoms with van der Waals surface area (Å²) in [5, 5.41) is 8.06. The van der Waals surface area contributed by atoms with Crippen LogP contribution in [0.4, 0.5) is 0 Å². The number of aliphatic imine (C=N–C) groups is 1. The summed E-state index contributed by atoms with van der Waals surface area (Å²) in [6.07, 6.45) is 0.981. The number of sulfone groups is 1. The van der Waals surface area contributed by atoms with Crippen molar-refractivity contribution < 1.29 is 21.6 Å². The molecule has 0 N–H and O–H groups in total. The number of halogens is 1. The fraction of sp³-hybridized carbons (Fsp3) is 0.421. The summed E-state index contributed by atoms with van der Waals surface area (Å²) < 4.78 is 54.4. The van der Waals surface area contributed by atoms with Crippen LogP contribution in [0, 0.1) is 11.3 Å². The van der Waals surface area contributed by atoms with Gasteiger partial charge in [0.05, 0.1) is 33.1 Å². The Morgan fingerprint density at radius 1 is 1.38 bits per heavy atom. The maximum absolute atomic E-state index is 13.4. The molecule has 3 unspecified atom stereocenters. The molecule has 1 fully saturated rings. The van der Waals surface area contributed by atoms with Gasteiger partial charge in [0, 0.05) is 12.8 Å². The molecule has 2 heterocycles. The molecular weight excluding hydrogens is 436 g/mol. The van der Waals surface area contributed by atoms with Crippen LogP contribution in [0.2, 0.25) is 0 Å². The zero-order valence-electron chi connectivity index (χ0n) is 15.8. The Labute approximate surface area is 176 Å². The molecule has 2 aliphatic heterocycles. The first kappa shape index (κ1) is 21.7. The van der Waals surface area contributed by atoms with Gasteiger partial charge in [0.2, 0.25) is 10.3 Å². The maximum Gasteiger partial charge on any atom is 0.219 e. The predicted octanol–water partition coefficient (Wildman–Crippen LogP) is 2.29. The van der Waals surface area contributed by atoms with E-state index in [4.69, 9.17) is 21.6 Å². The summed E-state index contributed by atoms with van der Waals surface area (Å²) in [6.45, 7) is 3.37. The van der Waals surface area contributed by atoms with Gasteiger partial charge in [0.1, 0.15) is 10.2 Å². The molecule has 0 radical (unpaired) electrons. The molecule has 3 rings (SSSR count). The van der Waals surface area contributed by atoms with E-state index in [-0.39, 0.29) is 40.5 Å². The van der Waals surface area contributed by atoms with Crippen LogP contribution in [0.15, 0.2) is 45.9 Å². The standard InChI is InChI=1S/C19H19ClN2O5S2/c1-12-11-22-17(16(20)18(12)28(23)24)15-9-19(2,6-7-27-15)29(25,26)14-5-3-4-13(8-14)10-21/h3-5,8,11,15-16H,6-7,9H2,1-2H3. The average Bonchev–Trinajstić information content (AvgIpc) is 2.67. The highest BCUT2D eigenvalue weighted by molar-refractivity contribution is 7.92. The minimum atomic E-state index is -3.80. The molecule has 0 saturated carbocycles. The van der Waals surface area contributed by atoms with Crippen LogP contribution < -0.4 is 0 Å². The number of rotatable bonds is 3. The number of hydrogen-bond acceptors (Lipinski definition) is 7. The molecule has 29 heavy (non-hydrogen) atoms. The van der Waals surface area contributed by atoms with Crippen LogP contribution >= 0.6 is 11.6 Å². The molecule has 0 spiro atoms. The number of benzene rings is 1. The average molecular weight is 455 g/mol. The number of nitrogens with zero attached hydrogens (tertiary/aromatic N) is 2. The van der Waals surface area contributed by atoms with Gasteiger partial charge in [-0.1, -0.05) is 6.07 Å². The summed E-state index contributed by atoms with van der Waals surface area (Å²) in [4.78, 5) is 4.34. The van der Waals surface area contributed by atoms with E-state index >= 15 is 0 Å². The molecule has 0 aliphatic carbocycles. The molecule has 0 aromatic heterocycles. The summed E-state index contributed by atoms with van der Waals surface area (Å²) in [6, 6.07) is 7.84. The zero-order valence-corrected chi connectivity index (χ0v) is 18.2. The van der Waals surface area contributed by atoms with Crippen LogP contribution in [0.1, 0.15) is 32.3 Å². The van der Waals surface area contributed by atoms with Crippen LogP contribution in [0.3, 0.4) is 0 Å². The van der Waals surface area contributed by atoms with E-state index in [1.165, 1.54) is 30.5 Å². The highest BCUT2D eigenvalue weighted by atomic mass is 35.5. The molecule has 1 aromatic rings. The maximum atomic E-state index is 13.4. The van der Waals surface area contributed by atoms with Gasteiger partial charge in [-0.15, -0.1) is 11.6 Å². The van der Waals surface area contributed by atoms with Gasteiger partial charge >= 0.3 is 0 Å². The number of nitriles is 1. The second-order valence-electron chi connectivity index (χ2n) is 7.23. The molecule has 154 valence electrons. The van der Waals surface area contributed by atoms with Gasteiger partial charge < -0.3 is 4.74 Å². The Bertz CT molecular complexity index is 1190. The minimum absolute atomic E-state index is 0.0112. The van der Waals surface area contributed by atoms with Crippen LogP contribution in [-0.4, -0.2) is 50.2 Å². The van der Waals surface area contributed by atoms with E-state index in [2.05, 4.69) is 4.99 Å². The molecular formula is C19H19ClN2O5S2. The Kier molecular flexibility index (Phi) is 6.01. The molecule has 0 bridgehead atoms. The van der Waals surface area contributed by atoms with E-state index in [0.717, 1.165) is 0 Å². The number of alkyl halides is 1. The Hall–Kier alpha value is -1.99. The summed E-state index contributed by atoms with van der Waals surface area (Å²) in [5.41, 5.74) is 0.971. The highest BCUT2D eigenvalue weighted by Gasteiger charge is 2.47. The van der Waals surface area contributed by atoms with Crippen LogP contribution in [0.5, 0.6) is 0 Å². The molecule has 1 saturated heterocycles. The molecule has 2 aliphatic rings. The molecule has 7 nitrogen and oxygen atoms in total. The molecule has 10 heteroatoms. The second-order valence-corrected chi connectivity index (χ2v) is 11.0. The number of allylic oxidation sites excluding steroid dienone is 1. The largest absolute Gasteiger partial charge is 0.372 e. The van der Waals surface area contributed by atoms with Crippen molar-refractivity contribution in [3.8, 4) is 6.07 Å². The minimum Gasteiger partial charge on any atom is -0.372 e. The third-order valence-electron chi connectivity index (χ3n) is 5.28. The van der Waals surface area contributed by atoms with Crippen LogP contribution in [0.25, 0.3) is 0 Å². The second kappa shape index (κ2) is 8.03. The van der Waals surface area contributed by atoms with E-state index in [0.29, 0.717) is 5.57 Å². The monoisotopic (exact) mass is 454 g/mol. The predicted molar refractivity (Wildman–Crippen MR) is 110 cm³/mol. The SMILES string of the molecule is CC1=CN=C(C2CC(C)(S(=O)(=O)c3cccc(C#N)c3)CCO2)C(Cl)C1=S(=O)=O. The lowest BCUT2D eigenvalue weighted by molar-refractivity contribution is 0.0417. The lowest BCUT2D eigenvalue weighted by atomic mass is 9.91. The summed E-state index contributed by atoms with van der Waals surface area (Å²) in [5.74, 6) is 0. The van der Waals surface area contributed by atoms with Crippen molar-refractivity contribution in [1.82, 2.24) is 0 Å². The van der Waals surface area contributed by atoms with Gasteiger partial charge in [-0.05, 0) is 50.5 Å². The lowest BCUT2D eigenvalue weighted by Crippen LogP contribution is -2.50. The highest BCUT2D eigenvalue weighted by Crippen LogP contribution is 2.38. The first-order chi connectivity index (χ1) is 13.6. The number of ether oxygens (including phenoxy) is 1. The molecule has 1 aromatic carbocycles.